The van der Waals surface area contributed by atoms with Crippen LogP contribution in [0, 0.1) is 13.8 Å². The van der Waals surface area contributed by atoms with Crippen LogP contribution in [0.5, 0.6) is 0 Å². The fourth-order valence-corrected chi connectivity index (χ4v) is 4.50. The van der Waals surface area contributed by atoms with Gasteiger partial charge in [0.15, 0.2) is 5.11 Å². The molecular formula is C28H26N4OS. The zero-order chi connectivity index (χ0) is 23.7. The van der Waals surface area contributed by atoms with Gasteiger partial charge in [-0.2, -0.15) is 4.98 Å². The molecule has 3 aromatic carbocycles. The summed E-state index contributed by atoms with van der Waals surface area (Å²) in [5, 5.41) is 8.50. The molecule has 5 nitrogen and oxygen atoms in total. The summed E-state index contributed by atoms with van der Waals surface area (Å²) in [7, 11) is 0. The molecule has 0 saturated heterocycles. The normalized spacial score (nSPS) is 16.0. The van der Waals surface area contributed by atoms with Crippen LogP contribution in [0.25, 0.3) is 17.0 Å². The Kier molecular flexibility index (Phi) is 5.99. The summed E-state index contributed by atoms with van der Waals surface area (Å²) in [5.41, 5.74) is 7.51. The molecule has 4 aromatic rings. The quantitative estimate of drug-likeness (QED) is 0.353. The molecule has 1 aromatic heterocycles. The van der Waals surface area contributed by atoms with Crippen molar-refractivity contribution < 1.29 is 4.52 Å². The van der Waals surface area contributed by atoms with Crippen molar-refractivity contribution in [3.63, 3.8) is 0 Å². The van der Waals surface area contributed by atoms with E-state index in [-0.39, 0.29) is 6.04 Å². The highest BCUT2D eigenvalue weighted by Gasteiger charge is 2.34. The summed E-state index contributed by atoms with van der Waals surface area (Å²) in [6.07, 6.45) is 0. The fourth-order valence-electron chi connectivity index (χ4n) is 4.18. The van der Waals surface area contributed by atoms with E-state index in [1.165, 1.54) is 16.7 Å². The Bertz CT molecular complexity index is 1340. The Hall–Kier alpha value is -3.77. The smallest absolute Gasteiger partial charge is 0.258 e. The molecule has 0 radical (unpaired) electrons. The number of allylic oxidation sites excluding steroid dienone is 1. The van der Waals surface area contributed by atoms with Crippen LogP contribution >= 0.6 is 12.2 Å². The zero-order valence-electron chi connectivity index (χ0n) is 19.4. The Morgan fingerprint density at radius 3 is 2.21 bits per heavy atom. The molecule has 5 rings (SSSR count). The standard InChI is InChI=1S/C28H26N4OS/c1-18-9-13-22(14-10-18)25-24(27-30-26(31-33-27)23-15-11-19(2)12-16-23)20(3)32(28(34)29-25)17-21-7-5-4-6-8-21/h4-16,25H,17H2,1-3H3,(H,29,34). The predicted octanol–water partition coefficient (Wildman–Crippen LogP) is 6.22. The van der Waals surface area contributed by atoms with Gasteiger partial charge in [0, 0.05) is 17.8 Å². The lowest BCUT2D eigenvalue weighted by molar-refractivity contribution is 0.396. The van der Waals surface area contributed by atoms with Crippen molar-refractivity contribution in [2.75, 3.05) is 0 Å². The number of hydrogen-bond donors (Lipinski definition) is 1. The van der Waals surface area contributed by atoms with Crippen LogP contribution < -0.4 is 5.32 Å². The van der Waals surface area contributed by atoms with Crippen LogP contribution in [0.1, 0.15) is 41.1 Å². The minimum Gasteiger partial charge on any atom is -0.351 e. The molecule has 34 heavy (non-hydrogen) atoms. The second kappa shape index (κ2) is 9.23. The number of aromatic nitrogens is 2. The molecule has 1 aliphatic rings. The highest BCUT2D eigenvalue weighted by Crippen LogP contribution is 2.38. The van der Waals surface area contributed by atoms with E-state index in [0.29, 0.717) is 23.4 Å². The molecule has 0 aliphatic carbocycles. The minimum absolute atomic E-state index is 0.188. The molecular weight excluding hydrogens is 440 g/mol. The molecule has 1 aliphatic heterocycles. The topological polar surface area (TPSA) is 54.2 Å². The van der Waals surface area contributed by atoms with Gasteiger partial charge in [0.2, 0.25) is 5.82 Å². The summed E-state index contributed by atoms with van der Waals surface area (Å²) in [5.74, 6) is 1.06. The largest absolute Gasteiger partial charge is 0.351 e. The van der Waals surface area contributed by atoms with Gasteiger partial charge < -0.3 is 14.7 Å². The third kappa shape index (κ3) is 4.37. The van der Waals surface area contributed by atoms with Gasteiger partial charge in [-0.25, -0.2) is 0 Å². The van der Waals surface area contributed by atoms with Gasteiger partial charge in [0.1, 0.15) is 0 Å². The third-order valence-electron chi connectivity index (χ3n) is 6.16. The second-order valence-electron chi connectivity index (χ2n) is 8.65. The number of rotatable bonds is 5. The first kappa shape index (κ1) is 22.0. The molecule has 2 heterocycles. The van der Waals surface area contributed by atoms with Crippen molar-refractivity contribution in [3.05, 3.63) is 113 Å². The highest BCUT2D eigenvalue weighted by molar-refractivity contribution is 7.80. The molecule has 1 unspecified atom stereocenters. The number of benzene rings is 3. The predicted molar refractivity (Wildman–Crippen MR) is 139 cm³/mol. The number of hydrogen-bond acceptors (Lipinski definition) is 4. The van der Waals surface area contributed by atoms with Crippen LogP contribution in [-0.4, -0.2) is 20.2 Å². The molecule has 0 amide bonds. The van der Waals surface area contributed by atoms with Gasteiger partial charge in [-0.05, 0) is 44.1 Å². The van der Waals surface area contributed by atoms with Crippen molar-refractivity contribution in [1.29, 1.82) is 0 Å². The molecule has 0 bridgehead atoms. The molecule has 1 atom stereocenters. The lowest BCUT2D eigenvalue weighted by atomic mass is 9.94. The molecule has 1 N–H and O–H groups in total. The number of nitrogens with zero attached hydrogens (tertiary/aromatic N) is 3. The average molecular weight is 467 g/mol. The summed E-state index contributed by atoms with van der Waals surface area (Å²) < 4.78 is 5.84. The van der Waals surface area contributed by atoms with Crippen LogP contribution in [0.2, 0.25) is 0 Å². The number of nitrogens with one attached hydrogen (secondary N) is 1. The lowest BCUT2D eigenvalue weighted by Crippen LogP contribution is -2.45. The maximum Gasteiger partial charge on any atom is 0.258 e. The summed E-state index contributed by atoms with van der Waals surface area (Å²) in [4.78, 5) is 6.90. The third-order valence-corrected chi connectivity index (χ3v) is 6.49. The summed E-state index contributed by atoms with van der Waals surface area (Å²) >= 11 is 5.82. The molecule has 170 valence electrons. The van der Waals surface area contributed by atoms with Crippen molar-refractivity contribution in [2.24, 2.45) is 0 Å². The van der Waals surface area contributed by atoms with E-state index >= 15 is 0 Å². The van der Waals surface area contributed by atoms with Crippen LogP contribution in [0.4, 0.5) is 0 Å². The van der Waals surface area contributed by atoms with E-state index in [1.807, 2.05) is 42.5 Å². The molecule has 0 saturated carbocycles. The molecule has 0 fully saturated rings. The lowest BCUT2D eigenvalue weighted by Gasteiger charge is -2.37. The zero-order valence-corrected chi connectivity index (χ0v) is 20.3. The van der Waals surface area contributed by atoms with E-state index in [9.17, 15) is 0 Å². The second-order valence-corrected chi connectivity index (χ2v) is 9.04. The Labute approximate surface area is 205 Å². The van der Waals surface area contributed by atoms with Crippen LogP contribution in [-0.2, 0) is 6.54 Å². The van der Waals surface area contributed by atoms with Crippen LogP contribution in [0.3, 0.4) is 0 Å². The molecule has 6 heteroatoms. The maximum atomic E-state index is 5.84. The van der Waals surface area contributed by atoms with E-state index in [0.717, 1.165) is 22.4 Å². The number of thiocarbonyl (C=S) groups is 1. The fraction of sp³-hybridized carbons (Fsp3) is 0.179. The monoisotopic (exact) mass is 466 g/mol. The SMILES string of the molecule is CC1=C(c2nc(-c3ccc(C)cc3)no2)C(c2ccc(C)cc2)NC(=S)N1Cc1ccccc1. The Morgan fingerprint density at radius 2 is 1.53 bits per heavy atom. The minimum atomic E-state index is -0.188. The molecule has 0 spiro atoms. The van der Waals surface area contributed by atoms with Gasteiger partial charge in [-0.1, -0.05) is 95.1 Å². The maximum absolute atomic E-state index is 5.84. The summed E-state index contributed by atoms with van der Waals surface area (Å²) in [6, 6.07) is 26.7. The van der Waals surface area contributed by atoms with Gasteiger partial charge in [0.05, 0.1) is 11.6 Å². The van der Waals surface area contributed by atoms with E-state index in [1.54, 1.807) is 0 Å². The van der Waals surface area contributed by atoms with Crippen molar-refractivity contribution in [3.8, 4) is 11.4 Å². The van der Waals surface area contributed by atoms with Crippen molar-refractivity contribution in [2.45, 2.75) is 33.4 Å². The first-order valence-corrected chi connectivity index (χ1v) is 11.7. The number of aryl methyl sites for hydroxylation is 2. The van der Waals surface area contributed by atoms with E-state index < -0.39 is 0 Å². The van der Waals surface area contributed by atoms with Gasteiger partial charge in [-0.15, -0.1) is 0 Å². The summed E-state index contributed by atoms with van der Waals surface area (Å²) in [6.45, 7) is 6.87. The first-order valence-electron chi connectivity index (χ1n) is 11.3. The van der Waals surface area contributed by atoms with Crippen molar-refractivity contribution >= 4 is 22.9 Å². The van der Waals surface area contributed by atoms with E-state index in [2.05, 4.69) is 72.5 Å². The van der Waals surface area contributed by atoms with E-state index in [4.69, 9.17) is 21.7 Å². The Balaban J connectivity index is 1.59. The first-order chi connectivity index (χ1) is 16.5. The Morgan fingerprint density at radius 1 is 0.882 bits per heavy atom. The average Bonchev–Trinajstić information content (AvgIpc) is 3.33. The van der Waals surface area contributed by atoms with Crippen LogP contribution in [0.15, 0.2) is 89.1 Å². The van der Waals surface area contributed by atoms with Gasteiger partial charge in [0.25, 0.3) is 5.89 Å². The highest BCUT2D eigenvalue weighted by atomic mass is 32.1. The van der Waals surface area contributed by atoms with Gasteiger partial charge >= 0.3 is 0 Å². The van der Waals surface area contributed by atoms with Gasteiger partial charge in [-0.3, -0.25) is 0 Å². The van der Waals surface area contributed by atoms with Crippen molar-refractivity contribution in [1.82, 2.24) is 20.4 Å².